The van der Waals surface area contributed by atoms with Crippen LogP contribution in [0.3, 0.4) is 0 Å². The number of rotatable bonds is 6. The third-order valence-electron chi connectivity index (χ3n) is 4.11. The molecule has 1 aromatic carbocycles. The van der Waals surface area contributed by atoms with Crippen LogP contribution in [0.15, 0.2) is 23.7 Å². The van der Waals surface area contributed by atoms with Crippen molar-refractivity contribution >= 4 is 22.7 Å². The van der Waals surface area contributed by atoms with E-state index < -0.39 is 16.1 Å². The zero-order valence-electron chi connectivity index (χ0n) is 14.3. The smallest absolute Gasteiger partial charge is 0.140 e. The molecule has 23 heavy (non-hydrogen) atoms. The van der Waals surface area contributed by atoms with Gasteiger partial charge in [-0.3, -0.25) is 0 Å². The Balaban J connectivity index is 2.31. The standard InChI is InChI=1S/C17H24N2O2S2/c1-11(9-17(3,4)23(18)20)14-7-6-13(8-15(14)21-5)16-12(2)19-10-22-16/h6-8,10-11H,9,18H2,1-5H3/t11-,23?/m0/s1. The molecule has 2 aromatic rings. The lowest BCUT2D eigenvalue weighted by atomic mass is 9.90. The molecule has 0 aliphatic carbocycles. The largest absolute Gasteiger partial charge is 0.598 e. The number of hydrogen-bond acceptors (Lipinski definition) is 5. The van der Waals surface area contributed by atoms with Crippen molar-refractivity contribution in [1.29, 1.82) is 0 Å². The zero-order chi connectivity index (χ0) is 17.2. The van der Waals surface area contributed by atoms with Crippen LogP contribution >= 0.6 is 11.3 Å². The molecule has 6 heteroatoms. The Kier molecular flexibility index (Phi) is 5.73. The van der Waals surface area contributed by atoms with Gasteiger partial charge in [0.2, 0.25) is 0 Å². The van der Waals surface area contributed by atoms with Gasteiger partial charge in [-0.2, -0.15) is 5.14 Å². The molecular formula is C17H24N2O2S2. The number of methoxy groups -OCH3 is 1. The molecule has 0 spiro atoms. The van der Waals surface area contributed by atoms with Gasteiger partial charge in [-0.05, 0) is 43.9 Å². The summed E-state index contributed by atoms with van der Waals surface area (Å²) in [5.74, 6) is 1.05. The predicted octanol–water partition coefficient (Wildman–Crippen LogP) is 4.02. The number of ether oxygens (including phenoxy) is 1. The summed E-state index contributed by atoms with van der Waals surface area (Å²) in [6, 6.07) is 6.24. The van der Waals surface area contributed by atoms with Gasteiger partial charge in [0, 0.05) is 17.8 Å². The Hall–Kier alpha value is -1.08. The molecule has 2 atom stereocenters. The highest BCUT2D eigenvalue weighted by molar-refractivity contribution is 7.90. The van der Waals surface area contributed by atoms with E-state index in [-0.39, 0.29) is 5.92 Å². The van der Waals surface area contributed by atoms with E-state index in [1.807, 2.05) is 26.3 Å². The summed E-state index contributed by atoms with van der Waals surface area (Å²) in [5, 5.41) is 5.61. The normalized spacial score (nSPS) is 14.6. The van der Waals surface area contributed by atoms with Gasteiger partial charge in [-0.1, -0.05) is 19.1 Å². The third-order valence-corrected chi connectivity index (χ3v) is 6.35. The monoisotopic (exact) mass is 352 g/mol. The molecule has 1 unspecified atom stereocenters. The highest BCUT2D eigenvalue weighted by Gasteiger charge is 2.33. The minimum atomic E-state index is -1.36. The van der Waals surface area contributed by atoms with Crippen LogP contribution in [0.2, 0.25) is 0 Å². The lowest BCUT2D eigenvalue weighted by Gasteiger charge is -2.28. The summed E-state index contributed by atoms with van der Waals surface area (Å²) in [6.07, 6.45) is 0.728. The van der Waals surface area contributed by atoms with Crippen LogP contribution in [-0.4, -0.2) is 21.4 Å². The molecule has 0 saturated carbocycles. The maximum atomic E-state index is 11.7. The number of nitrogens with zero attached hydrogens (tertiary/aromatic N) is 1. The topological polar surface area (TPSA) is 71.2 Å². The molecular weight excluding hydrogens is 328 g/mol. The first-order valence-corrected chi connectivity index (χ1v) is 9.60. The van der Waals surface area contributed by atoms with Crippen molar-refractivity contribution in [2.45, 2.75) is 44.8 Å². The first kappa shape index (κ1) is 18.3. The van der Waals surface area contributed by atoms with Crippen LogP contribution in [0.4, 0.5) is 0 Å². The predicted molar refractivity (Wildman–Crippen MR) is 98.3 cm³/mol. The van der Waals surface area contributed by atoms with E-state index in [4.69, 9.17) is 9.88 Å². The van der Waals surface area contributed by atoms with E-state index in [1.54, 1.807) is 18.4 Å². The lowest BCUT2D eigenvalue weighted by Crippen LogP contribution is -2.38. The summed E-state index contributed by atoms with van der Waals surface area (Å²) in [5.41, 5.74) is 5.10. The van der Waals surface area contributed by atoms with Crippen LogP contribution < -0.4 is 9.88 Å². The fourth-order valence-corrected chi connectivity index (χ4v) is 3.98. The van der Waals surface area contributed by atoms with Crippen molar-refractivity contribution < 1.29 is 9.29 Å². The Morgan fingerprint density at radius 1 is 1.43 bits per heavy atom. The van der Waals surface area contributed by atoms with Crippen molar-refractivity contribution in [3.05, 3.63) is 35.0 Å². The van der Waals surface area contributed by atoms with E-state index >= 15 is 0 Å². The number of nitrogens with two attached hydrogens (primary N) is 1. The molecule has 0 saturated heterocycles. The summed E-state index contributed by atoms with van der Waals surface area (Å²) < 4.78 is 16.8. The van der Waals surface area contributed by atoms with Crippen LogP contribution in [0.1, 0.15) is 44.4 Å². The van der Waals surface area contributed by atoms with Crippen LogP contribution in [0, 0.1) is 6.92 Å². The fraction of sp³-hybridized carbons (Fsp3) is 0.471. The second-order valence-corrected chi connectivity index (χ2v) is 8.94. The second-order valence-electron chi connectivity index (χ2n) is 6.39. The molecule has 2 rings (SSSR count). The Morgan fingerprint density at radius 2 is 2.13 bits per heavy atom. The van der Waals surface area contributed by atoms with Crippen LogP contribution in [-0.2, 0) is 11.4 Å². The molecule has 0 aliphatic rings. The van der Waals surface area contributed by atoms with Gasteiger partial charge in [0.1, 0.15) is 10.5 Å². The van der Waals surface area contributed by atoms with Gasteiger partial charge >= 0.3 is 0 Å². The molecule has 0 aliphatic heterocycles. The molecule has 0 fully saturated rings. The van der Waals surface area contributed by atoms with Crippen molar-refractivity contribution in [2.75, 3.05) is 7.11 Å². The molecule has 1 aromatic heterocycles. The van der Waals surface area contributed by atoms with Gasteiger partial charge < -0.3 is 9.29 Å². The lowest BCUT2D eigenvalue weighted by molar-refractivity contribution is 0.402. The van der Waals surface area contributed by atoms with E-state index in [1.165, 1.54) is 0 Å². The minimum Gasteiger partial charge on any atom is -0.598 e. The maximum Gasteiger partial charge on any atom is 0.140 e. The summed E-state index contributed by atoms with van der Waals surface area (Å²) >= 11 is 0.269. The Labute approximate surface area is 145 Å². The summed E-state index contributed by atoms with van der Waals surface area (Å²) in [6.45, 7) is 7.99. The van der Waals surface area contributed by atoms with Crippen molar-refractivity contribution in [3.63, 3.8) is 0 Å². The Morgan fingerprint density at radius 3 is 2.65 bits per heavy atom. The van der Waals surface area contributed by atoms with Crippen LogP contribution in [0.25, 0.3) is 10.4 Å². The third kappa shape index (κ3) is 4.07. The average molecular weight is 353 g/mol. The molecule has 1 heterocycles. The molecule has 0 amide bonds. The van der Waals surface area contributed by atoms with Gasteiger partial charge in [0.25, 0.3) is 0 Å². The highest BCUT2D eigenvalue weighted by Crippen LogP contribution is 2.38. The van der Waals surface area contributed by atoms with Gasteiger partial charge in [-0.15, -0.1) is 11.3 Å². The maximum absolute atomic E-state index is 11.7. The minimum absolute atomic E-state index is 0.198. The number of benzene rings is 1. The number of aryl methyl sites for hydroxylation is 1. The molecule has 4 nitrogen and oxygen atoms in total. The first-order chi connectivity index (χ1) is 10.8. The zero-order valence-corrected chi connectivity index (χ0v) is 15.9. The molecule has 0 bridgehead atoms. The van der Waals surface area contributed by atoms with E-state index in [0.29, 0.717) is 0 Å². The Bertz CT molecular complexity index is 668. The molecule has 2 N–H and O–H groups in total. The van der Waals surface area contributed by atoms with Crippen LogP contribution in [0.5, 0.6) is 5.75 Å². The van der Waals surface area contributed by atoms with Gasteiger partial charge in [0.15, 0.2) is 0 Å². The number of aromatic nitrogens is 1. The molecule has 126 valence electrons. The van der Waals surface area contributed by atoms with Gasteiger partial charge in [0.05, 0.1) is 23.2 Å². The van der Waals surface area contributed by atoms with Gasteiger partial charge in [-0.25, -0.2) is 4.98 Å². The van der Waals surface area contributed by atoms with E-state index in [0.717, 1.165) is 33.9 Å². The summed E-state index contributed by atoms with van der Waals surface area (Å²) in [7, 11) is 1.68. The second kappa shape index (κ2) is 7.21. The first-order valence-electron chi connectivity index (χ1n) is 7.51. The number of hydrogen-bond donors (Lipinski definition) is 1. The van der Waals surface area contributed by atoms with E-state index in [2.05, 4.69) is 30.1 Å². The number of thiazole rings is 1. The SMILES string of the molecule is COc1cc(-c2scnc2C)ccc1[C@@H](C)CC(C)(C)[S+](N)[O-]. The summed E-state index contributed by atoms with van der Waals surface area (Å²) in [4.78, 5) is 5.46. The van der Waals surface area contributed by atoms with Crippen molar-refractivity contribution in [1.82, 2.24) is 4.98 Å². The molecule has 0 radical (unpaired) electrons. The fourth-order valence-electron chi connectivity index (χ4n) is 2.77. The van der Waals surface area contributed by atoms with Crippen molar-refractivity contribution in [2.24, 2.45) is 5.14 Å². The van der Waals surface area contributed by atoms with Crippen molar-refractivity contribution in [3.8, 4) is 16.2 Å². The highest BCUT2D eigenvalue weighted by atomic mass is 32.2. The average Bonchev–Trinajstić information content (AvgIpc) is 2.92. The quantitative estimate of drug-likeness (QED) is 0.797. The van der Waals surface area contributed by atoms with E-state index in [9.17, 15) is 4.55 Å².